The van der Waals surface area contributed by atoms with E-state index in [-0.39, 0.29) is 0 Å². The first kappa shape index (κ1) is 64.6. The van der Waals surface area contributed by atoms with E-state index in [1.54, 1.807) is 0 Å². The second-order valence-corrected chi connectivity index (χ2v) is 17.6. The molecule has 0 aliphatic carbocycles. The van der Waals surface area contributed by atoms with Gasteiger partial charge in [0.2, 0.25) is 0 Å². The first-order valence-corrected chi connectivity index (χ1v) is 27.8. The minimum absolute atomic E-state index is 0.529. The second-order valence-electron chi connectivity index (χ2n) is 17.6. The summed E-state index contributed by atoms with van der Waals surface area (Å²) in [6, 6.07) is 0. The summed E-state index contributed by atoms with van der Waals surface area (Å²) < 4.78 is 61.5. The Bertz CT molecular complexity index is 734. The van der Waals surface area contributed by atoms with E-state index in [4.69, 9.17) is 52.1 Å². The molecule has 0 aromatic heterocycles. The molecule has 0 aliphatic rings. The first-order valence-electron chi connectivity index (χ1n) is 27.8. The van der Waals surface area contributed by atoms with Gasteiger partial charge >= 0.3 is 0 Å². The molecule has 11 heteroatoms. The summed E-state index contributed by atoms with van der Waals surface area (Å²) in [6.07, 6.45) is 41.5. The summed E-state index contributed by atoms with van der Waals surface area (Å²) in [5.74, 6) is 0. The minimum Gasteiger partial charge on any atom is -0.379 e. The van der Waals surface area contributed by atoms with Gasteiger partial charge in [0, 0.05) is 13.2 Å². The van der Waals surface area contributed by atoms with E-state index in [1.807, 2.05) is 0 Å². The Balaban J connectivity index is 3.06. The summed E-state index contributed by atoms with van der Waals surface area (Å²) in [7, 11) is 0. The van der Waals surface area contributed by atoms with Crippen molar-refractivity contribution in [3.8, 4) is 0 Å². The summed E-state index contributed by atoms with van der Waals surface area (Å²) >= 11 is 0. The van der Waals surface area contributed by atoms with Gasteiger partial charge in [-0.3, -0.25) is 0 Å². The van der Waals surface area contributed by atoms with Gasteiger partial charge in [-0.15, -0.1) is 0 Å². The summed E-state index contributed by atoms with van der Waals surface area (Å²) in [5, 5.41) is 0. The Morgan fingerprint density at radius 2 is 0.231 bits per heavy atom. The van der Waals surface area contributed by atoms with Gasteiger partial charge in [-0.25, -0.2) is 0 Å². The lowest BCUT2D eigenvalue weighted by Gasteiger charge is -2.09. The van der Waals surface area contributed by atoms with Gasteiger partial charge in [0.15, 0.2) is 0 Å². The Kier molecular flexibility index (Phi) is 63.1. The SMILES string of the molecule is CCCCCCCCCCCCCCCCCCOCCOCCOCCOCCOCCOCCOCCOCCOCCOCCOCCCCCCCCCCCCCCCC. The average molecular weight is 935 g/mol. The third-order valence-electron chi connectivity index (χ3n) is 11.5. The first-order chi connectivity index (χ1) is 32.4. The predicted octanol–water partition coefficient (Wildman–Crippen LogP) is 12.9. The zero-order chi connectivity index (χ0) is 46.5. The average Bonchev–Trinajstić information content (AvgIpc) is 3.32. The van der Waals surface area contributed by atoms with Crippen LogP contribution in [0.2, 0.25) is 0 Å². The third kappa shape index (κ3) is 63.6. The van der Waals surface area contributed by atoms with Gasteiger partial charge in [-0.05, 0) is 12.8 Å². The molecule has 0 bridgehead atoms. The van der Waals surface area contributed by atoms with Crippen LogP contribution >= 0.6 is 0 Å². The van der Waals surface area contributed by atoms with Gasteiger partial charge < -0.3 is 52.1 Å². The Labute approximate surface area is 402 Å². The lowest BCUT2D eigenvalue weighted by molar-refractivity contribution is -0.0275. The fourth-order valence-corrected chi connectivity index (χ4v) is 7.45. The minimum atomic E-state index is 0.529. The van der Waals surface area contributed by atoms with Crippen molar-refractivity contribution in [3.63, 3.8) is 0 Å². The van der Waals surface area contributed by atoms with Crippen molar-refractivity contribution in [2.75, 3.05) is 145 Å². The van der Waals surface area contributed by atoms with E-state index < -0.39 is 0 Å². The van der Waals surface area contributed by atoms with Crippen LogP contribution in [-0.4, -0.2) is 145 Å². The zero-order valence-electron chi connectivity index (χ0n) is 43.3. The van der Waals surface area contributed by atoms with E-state index in [0.717, 1.165) is 26.1 Å². The van der Waals surface area contributed by atoms with Gasteiger partial charge in [-0.2, -0.15) is 0 Å². The number of unbranched alkanes of at least 4 members (excludes halogenated alkanes) is 28. The van der Waals surface area contributed by atoms with Crippen LogP contribution in [0.15, 0.2) is 0 Å². The summed E-state index contributed by atoms with van der Waals surface area (Å²) in [6.45, 7) is 17.5. The van der Waals surface area contributed by atoms with Crippen molar-refractivity contribution in [1.29, 1.82) is 0 Å². The molecule has 0 radical (unpaired) electrons. The number of hydrogen-bond acceptors (Lipinski definition) is 11. The highest BCUT2D eigenvalue weighted by Crippen LogP contribution is 2.15. The molecule has 11 nitrogen and oxygen atoms in total. The van der Waals surface area contributed by atoms with Gasteiger partial charge in [0.1, 0.15) is 0 Å². The molecule has 0 heterocycles. The molecule has 0 aromatic rings. The highest BCUT2D eigenvalue weighted by Gasteiger charge is 1.99. The molecule has 0 N–H and O–H groups in total. The normalized spacial score (nSPS) is 11.7. The molecule has 0 fully saturated rings. The zero-order valence-corrected chi connectivity index (χ0v) is 43.3. The van der Waals surface area contributed by atoms with Crippen molar-refractivity contribution in [1.82, 2.24) is 0 Å². The van der Waals surface area contributed by atoms with Crippen LogP contribution < -0.4 is 0 Å². The fourth-order valence-electron chi connectivity index (χ4n) is 7.45. The highest BCUT2D eigenvalue weighted by molar-refractivity contribution is 4.52. The van der Waals surface area contributed by atoms with Crippen LogP contribution in [-0.2, 0) is 52.1 Å². The van der Waals surface area contributed by atoms with Crippen LogP contribution in [0, 0.1) is 0 Å². The molecule has 392 valence electrons. The van der Waals surface area contributed by atoms with E-state index in [9.17, 15) is 0 Å². The fraction of sp³-hybridized carbons (Fsp3) is 1.00. The van der Waals surface area contributed by atoms with Crippen LogP contribution in [0.3, 0.4) is 0 Å². The molecule has 65 heavy (non-hydrogen) atoms. The molecule has 0 amide bonds. The van der Waals surface area contributed by atoms with Gasteiger partial charge in [-0.1, -0.05) is 194 Å². The summed E-state index contributed by atoms with van der Waals surface area (Å²) in [4.78, 5) is 0. The smallest absolute Gasteiger partial charge is 0.0701 e. The number of ether oxygens (including phenoxy) is 11. The largest absolute Gasteiger partial charge is 0.379 e. The molecule has 0 rings (SSSR count). The van der Waals surface area contributed by atoms with Crippen molar-refractivity contribution >= 4 is 0 Å². The van der Waals surface area contributed by atoms with E-state index in [0.29, 0.717) is 132 Å². The monoisotopic (exact) mass is 935 g/mol. The van der Waals surface area contributed by atoms with E-state index >= 15 is 0 Å². The van der Waals surface area contributed by atoms with Crippen molar-refractivity contribution in [2.45, 2.75) is 206 Å². The molecule has 0 saturated heterocycles. The maximum Gasteiger partial charge on any atom is 0.0701 e. The highest BCUT2D eigenvalue weighted by atomic mass is 16.6. The molecular weight excluding hydrogens is 825 g/mol. The van der Waals surface area contributed by atoms with Crippen LogP contribution in [0.25, 0.3) is 0 Å². The Hall–Kier alpha value is -0.440. The molecule has 0 atom stereocenters. The molecule has 0 spiro atoms. The molecule has 0 unspecified atom stereocenters. The topological polar surface area (TPSA) is 102 Å². The van der Waals surface area contributed by atoms with Crippen molar-refractivity contribution in [3.05, 3.63) is 0 Å². The number of hydrogen-bond donors (Lipinski definition) is 0. The Morgan fingerprint density at radius 1 is 0.123 bits per heavy atom. The quantitative estimate of drug-likeness (QED) is 0.0545. The van der Waals surface area contributed by atoms with E-state index in [2.05, 4.69) is 13.8 Å². The van der Waals surface area contributed by atoms with Gasteiger partial charge in [0.25, 0.3) is 0 Å². The lowest BCUT2D eigenvalue weighted by Crippen LogP contribution is -2.15. The Morgan fingerprint density at radius 3 is 0.369 bits per heavy atom. The maximum absolute atomic E-state index is 5.71. The second kappa shape index (κ2) is 63.6. The van der Waals surface area contributed by atoms with Crippen LogP contribution in [0.4, 0.5) is 0 Å². The van der Waals surface area contributed by atoms with Gasteiger partial charge in [0.05, 0.1) is 132 Å². The van der Waals surface area contributed by atoms with Crippen LogP contribution in [0.5, 0.6) is 0 Å². The molecule has 0 aromatic carbocycles. The van der Waals surface area contributed by atoms with Crippen molar-refractivity contribution < 1.29 is 52.1 Å². The molecule has 0 saturated carbocycles. The maximum atomic E-state index is 5.71. The van der Waals surface area contributed by atoms with E-state index in [1.165, 1.54) is 180 Å². The third-order valence-corrected chi connectivity index (χ3v) is 11.5. The van der Waals surface area contributed by atoms with Crippen molar-refractivity contribution in [2.24, 2.45) is 0 Å². The molecular formula is C54H110O11. The standard InChI is InChI=1S/C54H110O11/c1-3-5-7-9-11-13-15-17-19-20-22-24-26-28-30-32-34-56-36-38-58-40-42-60-44-46-62-48-50-64-52-54-65-53-51-63-49-47-61-45-43-59-41-39-57-37-35-55-33-31-29-27-25-23-21-18-16-14-12-10-8-6-4-2/h3-54H2,1-2H3. The van der Waals surface area contributed by atoms with Crippen LogP contribution in [0.1, 0.15) is 206 Å². The predicted molar refractivity (Wildman–Crippen MR) is 269 cm³/mol. The molecule has 0 aliphatic heterocycles. The summed E-state index contributed by atoms with van der Waals surface area (Å²) in [5.41, 5.74) is 0. The lowest BCUT2D eigenvalue weighted by atomic mass is 10.0. The number of rotatable bonds is 62.